The Kier molecular flexibility index (Phi) is 5.68. The summed E-state index contributed by atoms with van der Waals surface area (Å²) in [6.07, 6.45) is 4.24. The number of benzene rings is 1. The second-order valence-electron chi connectivity index (χ2n) is 7.53. The van der Waals surface area contributed by atoms with Crippen LogP contribution in [-0.2, 0) is 6.42 Å². The van der Waals surface area contributed by atoms with Gasteiger partial charge >= 0.3 is 5.69 Å². The van der Waals surface area contributed by atoms with Crippen LogP contribution in [0.5, 0.6) is 0 Å². The summed E-state index contributed by atoms with van der Waals surface area (Å²) in [4.78, 5) is 32.0. The largest absolute Gasteiger partial charge is 0.393 e. The van der Waals surface area contributed by atoms with Gasteiger partial charge in [-0.25, -0.2) is 9.78 Å². The van der Waals surface area contributed by atoms with Crippen molar-refractivity contribution in [2.24, 2.45) is 0 Å². The Morgan fingerprint density at radius 3 is 2.86 bits per heavy atom. The number of thiazole rings is 1. The van der Waals surface area contributed by atoms with Gasteiger partial charge in [0.05, 0.1) is 22.8 Å². The zero-order valence-electron chi connectivity index (χ0n) is 16.1. The smallest absolute Gasteiger partial charge is 0.326 e. The standard InChI is InChI=1S/C20H25N5O3S/c21-19-23-13(11-29-19)2-1-9-22-18(27)12-3-8-17-16(10-12)24-20(28)25(17)14-4-6-15(26)7-5-14/h3,8,10-11,14-15,26H,1-2,4-7,9H2,(H2,21,23)(H,22,27)(H,24,28). The number of nitrogens with one attached hydrogen (secondary N) is 2. The fourth-order valence-electron chi connectivity index (χ4n) is 3.96. The van der Waals surface area contributed by atoms with Gasteiger partial charge in [0.2, 0.25) is 0 Å². The molecule has 0 atom stereocenters. The van der Waals surface area contributed by atoms with Crippen molar-refractivity contribution in [3.8, 4) is 0 Å². The number of aliphatic hydroxyl groups excluding tert-OH is 1. The van der Waals surface area contributed by atoms with Gasteiger partial charge in [-0.1, -0.05) is 0 Å². The highest BCUT2D eigenvalue weighted by atomic mass is 32.1. The van der Waals surface area contributed by atoms with Crippen molar-refractivity contribution < 1.29 is 9.90 Å². The van der Waals surface area contributed by atoms with E-state index in [0.29, 0.717) is 35.6 Å². The van der Waals surface area contributed by atoms with E-state index in [0.717, 1.165) is 36.9 Å². The van der Waals surface area contributed by atoms with Crippen LogP contribution >= 0.6 is 11.3 Å². The molecule has 1 fully saturated rings. The number of carbonyl (C=O) groups is 1. The number of fused-ring (bicyclic) bond motifs is 1. The normalized spacial score (nSPS) is 19.5. The van der Waals surface area contributed by atoms with Crippen molar-refractivity contribution in [2.45, 2.75) is 50.7 Å². The number of imidazole rings is 1. The van der Waals surface area contributed by atoms with E-state index in [1.807, 2.05) is 11.4 Å². The van der Waals surface area contributed by atoms with Crippen molar-refractivity contribution in [1.82, 2.24) is 19.9 Å². The van der Waals surface area contributed by atoms with Crippen LogP contribution in [0, 0.1) is 0 Å². The maximum atomic E-state index is 12.5. The molecule has 29 heavy (non-hydrogen) atoms. The summed E-state index contributed by atoms with van der Waals surface area (Å²) in [5, 5.41) is 15.1. The molecule has 0 aliphatic heterocycles. The second kappa shape index (κ2) is 8.38. The van der Waals surface area contributed by atoms with E-state index in [4.69, 9.17) is 5.73 Å². The minimum atomic E-state index is -0.268. The summed E-state index contributed by atoms with van der Waals surface area (Å²) >= 11 is 1.42. The molecule has 5 N–H and O–H groups in total. The second-order valence-corrected chi connectivity index (χ2v) is 8.42. The number of amides is 1. The average Bonchev–Trinajstić information content (AvgIpc) is 3.27. The van der Waals surface area contributed by atoms with Crippen LogP contribution in [0.1, 0.15) is 54.2 Å². The van der Waals surface area contributed by atoms with Gasteiger partial charge < -0.3 is 21.1 Å². The maximum Gasteiger partial charge on any atom is 0.326 e. The van der Waals surface area contributed by atoms with E-state index in [1.165, 1.54) is 11.3 Å². The number of nitrogen functional groups attached to an aromatic ring is 1. The topological polar surface area (TPSA) is 126 Å². The van der Waals surface area contributed by atoms with Crippen molar-refractivity contribution in [1.29, 1.82) is 0 Å². The number of hydrogen-bond acceptors (Lipinski definition) is 6. The van der Waals surface area contributed by atoms with E-state index in [1.54, 1.807) is 16.7 Å². The highest BCUT2D eigenvalue weighted by Gasteiger charge is 2.24. The molecule has 1 amide bonds. The molecular formula is C20H25N5O3S. The molecule has 154 valence electrons. The molecule has 9 heteroatoms. The van der Waals surface area contributed by atoms with Gasteiger partial charge in [-0.3, -0.25) is 9.36 Å². The first-order valence-electron chi connectivity index (χ1n) is 9.91. The summed E-state index contributed by atoms with van der Waals surface area (Å²) in [5.74, 6) is -0.168. The molecule has 2 aromatic heterocycles. The van der Waals surface area contributed by atoms with Crippen LogP contribution in [-0.4, -0.2) is 38.2 Å². The molecule has 0 bridgehead atoms. The lowest BCUT2D eigenvalue weighted by molar-refractivity contribution is 0.0953. The highest BCUT2D eigenvalue weighted by molar-refractivity contribution is 7.13. The van der Waals surface area contributed by atoms with Gasteiger partial charge in [0.15, 0.2) is 5.13 Å². The fraction of sp³-hybridized carbons (Fsp3) is 0.450. The molecule has 0 unspecified atom stereocenters. The van der Waals surface area contributed by atoms with Crippen LogP contribution in [0.3, 0.4) is 0 Å². The summed E-state index contributed by atoms with van der Waals surface area (Å²) in [6, 6.07) is 5.38. The Bertz CT molecular complexity index is 1060. The molecule has 3 aromatic rings. The summed E-state index contributed by atoms with van der Waals surface area (Å²) in [7, 11) is 0. The van der Waals surface area contributed by atoms with Gasteiger partial charge in [0.25, 0.3) is 5.91 Å². The van der Waals surface area contributed by atoms with E-state index >= 15 is 0 Å². The lowest BCUT2D eigenvalue weighted by Gasteiger charge is -2.26. The van der Waals surface area contributed by atoms with Crippen LogP contribution in [0.4, 0.5) is 5.13 Å². The lowest BCUT2D eigenvalue weighted by Crippen LogP contribution is -2.27. The number of aromatic nitrogens is 3. The Balaban J connectivity index is 1.40. The predicted octanol–water partition coefficient (Wildman–Crippen LogP) is 2.21. The summed E-state index contributed by atoms with van der Waals surface area (Å²) in [6.45, 7) is 0.538. The van der Waals surface area contributed by atoms with Gasteiger partial charge in [-0.05, 0) is 56.7 Å². The first kappa shape index (κ1) is 19.7. The molecule has 2 heterocycles. The molecule has 1 aliphatic rings. The predicted molar refractivity (Wildman–Crippen MR) is 113 cm³/mol. The molecule has 1 saturated carbocycles. The fourth-order valence-corrected chi connectivity index (χ4v) is 4.56. The SMILES string of the molecule is Nc1nc(CCCNC(=O)c2ccc3c(c2)[nH]c(=O)n3C2CCC(O)CC2)cs1. The van der Waals surface area contributed by atoms with Crippen LogP contribution < -0.4 is 16.7 Å². The van der Waals surface area contributed by atoms with Gasteiger partial charge in [0, 0.05) is 23.5 Å². The number of aromatic amines is 1. The Morgan fingerprint density at radius 2 is 2.14 bits per heavy atom. The van der Waals surface area contributed by atoms with E-state index in [-0.39, 0.29) is 23.7 Å². The Hall–Kier alpha value is -2.65. The number of hydrogen-bond donors (Lipinski definition) is 4. The van der Waals surface area contributed by atoms with Crippen molar-refractivity contribution in [3.63, 3.8) is 0 Å². The van der Waals surface area contributed by atoms with E-state index in [9.17, 15) is 14.7 Å². The third-order valence-electron chi connectivity index (χ3n) is 5.47. The monoisotopic (exact) mass is 415 g/mol. The number of H-pyrrole nitrogens is 1. The highest BCUT2D eigenvalue weighted by Crippen LogP contribution is 2.29. The minimum absolute atomic E-state index is 0.0825. The number of aryl methyl sites for hydroxylation is 1. The lowest BCUT2D eigenvalue weighted by atomic mass is 9.93. The number of rotatable bonds is 6. The zero-order chi connectivity index (χ0) is 20.4. The number of nitrogens with two attached hydrogens (primary N) is 1. The summed E-state index contributed by atoms with van der Waals surface area (Å²) < 4.78 is 1.77. The Morgan fingerprint density at radius 1 is 1.34 bits per heavy atom. The Labute approximate surface area is 171 Å². The van der Waals surface area contributed by atoms with Crippen molar-refractivity contribution in [3.05, 3.63) is 45.3 Å². The number of aliphatic hydroxyl groups is 1. The van der Waals surface area contributed by atoms with Crippen LogP contribution in [0.25, 0.3) is 11.0 Å². The van der Waals surface area contributed by atoms with Gasteiger partial charge in [-0.2, -0.15) is 0 Å². The molecule has 8 nitrogen and oxygen atoms in total. The molecule has 1 aliphatic carbocycles. The molecular weight excluding hydrogens is 390 g/mol. The van der Waals surface area contributed by atoms with Crippen LogP contribution in [0.2, 0.25) is 0 Å². The minimum Gasteiger partial charge on any atom is -0.393 e. The third kappa shape index (κ3) is 4.35. The van der Waals surface area contributed by atoms with Gasteiger partial charge in [0.1, 0.15) is 0 Å². The first-order valence-corrected chi connectivity index (χ1v) is 10.8. The molecule has 1 aromatic carbocycles. The molecule has 0 radical (unpaired) electrons. The molecule has 0 spiro atoms. The zero-order valence-corrected chi connectivity index (χ0v) is 16.9. The summed E-state index contributed by atoms with van der Waals surface area (Å²) in [5.41, 5.74) is 8.37. The van der Waals surface area contributed by atoms with Crippen molar-refractivity contribution >= 4 is 33.4 Å². The molecule has 0 saturated heterocycles. The first-order chi connectivity index (χ1) is 14.0. The average molecular weight is 416 g/mol. The van der Waals surface area contributed by atoms with E-state index in [2.05, 4.69) is 15.3 Å². The molecule has 4 rings (SSSR count). The quantitative estimate of drug-likeness (QED) is 0.459. The van der Waals surface area contributed by atoms with E-state index < -0.39 is 0 Å². The van der Waals surface area contributed by atoms with Crippen molar-refractivity contribution in [2.75, 3.05) is 12.3 Å². The van der Waals surface area contributed by atoms with Crippen LogP contribution in [0.15, 0.2) is 28.4 Å². The maximum absolute atomic E-state index is 12.5. The third-order valence-corrected chi connectivity index (χ3v) is 6.20. The number of anilines is 1. The number of carbonyl (C=O) groups excluding carboxylic acids is 1. The van der Waals surface area contributed by atoms with Gasteiger partial charge in [-0.15, -0.1) is 11.3 Å². The number of nitrogens with zero attached hydrogens (tertiary/aromatic N) is 2.